The molecule has 0 aromatic heterocycles. The van der Waals surface area contributed by atoms with Gasteiger partial charge in [-0.3, -0.25) is 4.79 Å². The predicted molar refractivity (Wildman–Crippen MR) is 210 cm³/mol. The maximum absolute atomic E-state index is 12.2. The van der Waals surface area contributed by atoms with Crippen molar-refractivity contribution in [1.82, 2.24) is 0 Å². The second kappa shape index (κ2) is 42.0. The molecule has 0 amide bonds. The normalized spacial score (nSPS) is 12.5. The summed E-state index contributed by atoms with van der Waals surface area (Å²) in [5, 5.41) is 9.58. The molecule has 0 bridgehead atoms. The molecular weight excluding hydrogens is 592 g/mol. The molecule has 0 aromatic carbocycles. The molecule has 4 nitrogen and oxygen atoms in total. The van der Waals surface area contributed by atoms with Crippen LogP contribution in [-0.2, 0) is 14.3 Å². The van der Waals surface area contributed by atoms with E-state index >= 15 is 0 Å². The van der Waals surface area contributed by atoms with Gasteiger partial charge in [0.25, 0.3) is 0 Å². The summed E-state index contributed by atoms with van der Waals surface area (Å²) in [5.74, 6) is -0.201. The van der Waals surface area contributed by atoms with Crippen LogP contribution in [0.25, 0.3) is 0 Å². The Bertz CT molecular complexity index is 673. The minimum absolute atomic E-state index is 0.171. The zero-order valence-corrected chi connectivity index (χ0v) is 32.5. The lowest BCUT2D eigenvalue weighted by Gasteiger charge is -2.15. The first-order valence-corrected chi connectivity index (χ1v) is 21.4. The third-order valence-corrected chi connectivity index (χ3v) is 9.50. The fraction of sp³-hybridized carbons (Fsp3) is 0.886. The Morgan fingerprint density at radius 1 is 0.479 bits per heavy atom. The molecule has 0 aromatic rings. The maximum atomic E-state index is 12.2. The molecule has 0 saturated carbocycles. The highest BCUT2D eigenvalue weighted by Gasteiger charge is 2.13. The van der Waals surface area contributed by atoms with Crippen LogP contribution in [0.15, 0.2) is 24.3 Å². The van der Waals surface area contributed by atoms with Crippen molar-refractivity contribution in [2.45, 2.75) is 232 Å². The zero-order valence-electron chi connectivity index (χ0n) is 32.5. The van der Waals surface area contributed by atoms with Crippen LogP contribution in [0.1, 0.15) is 226 Å². The van der Waals surface area contributed by atoms with Crippen LogP contribution in [0.5, 0.6) is 0 Å². The maximum Gasteiger partial charge on any atom is 0.306 e. The molecule has 48 heavy (non-hydrogen) atoms. The molecule has 0 saturated heterocycles. The van der Waals surface area contributed by atoms with Gasteiger partial charge in [-0.05, 0) is 64.2 Å². The van der Waals surface area contributed by atoms with Gasteiger partial charge in [-0.1, -0.05) is 179 Å². The Hall–Kier alpha value is -1.13. The molecule has 1 N–H and O–H groups in total. The van der Waals surface area contributed by atoms with Gasteiger partial charge in [-0.15, -0.1) is 0 Å². The van der Waals surface area contributed by atoms with Crippen molar-refractivity contribution in [2.24, 2.45) is 0 Å². The Kier molecular flexibility index (Phi) is 41.0. The third-order valence-electron chi connectivity index (χ3n) is 9.50. The SMILES string of the molecule is CCCCC/C=C\CCCCCCCCOCC(CO)OC(=O)CCCCCCCCCCCCC/C=C\CCCCCCCCCC. The van der Waals surface area contributed by atoms with E-state index in [1.807, 2.05) is 0 Å². The summed E-state index contributed by atoms with van der Waals surface area (Å²) in [6, 6.07) is 0. The van der Waals surface area contributed by atoms with Crippen molar-refractivity contribution in [3.63, 3.8) is 0 Å². The summed E-state index contributed by atoms with van der Waals surface area (Å²) in [6.07, 6.45) is 51.0. The number of allylic oxidation sites excluding steroid dienone is 4. The van der Waals surface area contributed by atoms with Crippen LogP contribution < -0.4 is 0 Å². The van der Waals surface area contributed by atoms with Gasteiger partial charge >= 0.3 is 5.97 Å². The molecular formula is C44H84O4. The molecule has 0 aliphatic carbocycles. The van der Waals surface area contributed by atoms with Gasteiger partial charge in [0.2, 0.25) is 0 Å². The second-order valence-corrected chi connectivity index (χ2v) is 14.4. The summed E-state index contributed by atoms with van der Waals surface area (Å²) < 4.78 is 11.1. The van der Waals surface area contributed by atoms with E-state index in [0.717, 1.165) is 19.3 Å². The Morgan fingerprint density at radius 3 is 1.23 bits per heavy atom. The Morgan fingerprint density at radius 2 is 0.812 bits per heavy atom. The summed E-state index contributed by atoms with van der Waals surface area (Å²) >= 11 is 0. The van der Waals surface area contributed by atoms with E-state index in [9.17, 15) is 9.90 Å². The van der Waals surface area contributed by atoms with E-state index in [2.05, 4.69) is 38.2 Å². The Labute approximate surface area is 300 Å². The van der Waals surface area contributed by atoms with E-state index in [-0.39, 0.29) is 12.6 Å². The van der Waals surface area contributed by atoms with Gasteiger partial charge in [0, 0.05) is 13.0 Å². The number of esters is 1. The Balaban J connectivity index is 3.39. The average molecular weight is 677 g/mol. The quantitative estimate of drug-likeness (QED) is 0.0399. The molecule has 0 heterocycles. The van der Waals surface area contributed by atoms with Crippen LogP contribution in [0.3, 0.4) is 0 Å². The number of hydrogen-bond donors (Lipinski definition) is 1. The van der Waals surface area contributed by atoms with Gasteiger partial charge in [0.1, 0.15) is 6.10 Å². The topological polar surface area (TPSA) is 55.8 Å². The van der Waals surface area contributed by atoms with Crippen molar-refractivity contribution in [3.8, 4) is 0 Å². The van der Waals surface area contributed by atoms with E-state index in [0.29, 0.717) is 19.6 Å². The number of unbranched alkanes of at least 4 members (excludes halogenated alkanes) is 28. The molecule has 0 spiro atoms. The highest BCUT2D eigenvalue weighted by molar-refractivity contribution is 5.69. The molecule has 4 heteroatoms. The second-order valence-electron chi connectivity index (χ2n) is 14.4. The molecule has 284 valence electrons. The fourth-order valence-electron chi connectivity index (χ4n) is 6.26. The zero-order chi connectivity index (χ0) is 34.9. The van der Waals surface area contributed by atoms with Crippen LogP contribution in [0, 0.1) is 0 Å². The number of carbonyl (C=O) groups excluding carboxylic acids is 1. The van der Waals surface area contributed by atoms with Gasteiger partial charge in [0.05, 0.1) is 13.2 Å². The van der Waals surface area contributed by atoms with Crippen molar-refractivity contribution < 1.29 is 19.4 Å². The minimum Gasteiger partial charge on any atom is -0.457 e. The molecule has 0 radical (unpaired) electrons. The van der Waals surface area contributed by atoms with Crippen molar-refractivity contribution in [2.75, 3.05) is 19.8 Å². The minimum atomic E-state index is -0.534. The summed E-state index contributed by atoms with van der Waals surface area (Å²) in [6.45, 7) is 5.34. The van der Waals surface area contributed by atoms with Crippen LogP contribution in [-0.4, -0.2) is 37.0 Å². The highest BCUT2D eigenvalue weighted by atomic mass is 16.6. The molecule has 0 rings (SSSR count). The van der Waals surface area contributed by atoms with Gasteiger partial charge in [-0.25, -0.2) is 0 Å². The summed E-state index contributed by atoms with van der Waals surface area (Å²) in [7, 11) is 0. The number of ether oxygens (including phenoxy) is 2. The fourth-order valence-corrected chi connectivity index (χ4v) is 6.26. The van der Waals surface area contributed by atoms with E-state index in [4.69, 9.17) is 9.47 Å². The van der Waals surface area contributed by atoms with Gasteiger partial charge in [-0.2, -0.15) is 0 Å². The predicted octanol–water partition coefficient (Wildman–Crippen LogP) is 13.9. The first kappa shape index (κ1) is 46.9. The standard InChI is InChI=1S/C44H84O4/c1-3-5-7-9-11-13-15-17-18-19-20-21-22-23-24-25-26-27-29-31-33-35-37-39-44(46)48-43(41-45)42-47-40-38-36-34-32-30-28-16-14-12-10-8-6-4-2/h12,14,19-20,43,45H,3-11,13,15-18,21-42H2,1-2H3/b14-12-,20-19-. The van der Waals surface area contributed by atoms with Crippen LogP contribution in [0.2, 0.25) is 0 Å². The van der Waals surface area contributed by atoms with Crippen molar-refractivity contribution >= 4 is 5.97 Å². The lowest BCUT2D eigenvalue weighted by molar-refractivity contribution is -0.154. The monoisotopic (exact) mass is 677 g/mol. The van der Waals surface area contributed by atoms with E-state index in [1.165, 1.54) is 186 Å². The van der Waals surface area contributed by atoms with Gasteiger partial charge in [0.15, 0.2) is 0 Å². The number of hydrogen-bond acceptors (Lipinski definition) is 4. The number of aliphatic hydroxyl groups is 1. The lowest BCUT2D eigenvalue weighted by atomic mass is 10.0. The third kappa shape index (κ3) is 39.3. The first-order chi connectivity index (χ1) is 23.7. The first-order valence-electron chi connectivity index (χ1n) is 21.4. The number of aliphatic hydroxyl groups excluding tert-OH is 1. The summed E-state index contributed by atoms with van der Waals surface area (Å²) in [4.78, 5) is 12.2. The van der Waals surface area contributed by atoms with Gasteiger partial charge < -0.3 is 14.6 Å². The number of rotatable bonds is 40. The van der Waals surface area contributed by atoms with E-state index < -0.39 is 6.10 Å². The summed E-state index contributed by atoms with van der Waals surface area (Å²) in [5.41, 5.74) is 0. The van der Waals surface area contributed by atoms with Crippen LogP contribution in [0.4, 0.5) is 0 Å². The molecule has 0 fully saturated rings. The molecule has 1 atom stereocenters. The molecule has 1 unspecified atom stereocenters. The smallest absolute Gasteiger partial charge is 0.306 e. The molecule has 0 aliphatic heterocycles. The van der Waals surface area contributed by atoms with Crippen molar-refractivity contribution in [3.05, 3.63) is 24.3 Å². The number of carbonyl (C=O) groups is 1. The molecule has 0 aliphatic rings. The largest absolute Gasteiger partial charge is 0.457 e. The van der Waals surface area contributed by atoms with Crippen LogP contribution >= 0.6 is 0 Å². The average Bonchev–Trinajstić information content (AvgIpc) is 3.09. The van der Waals surface area contributed by atoms with Crippen molar-refractivity contribution in [1.29, 1.82) is 0 Å². The van der Waals surface area contributed by atoms with E-state index in [1.54, 1.807) is 0 Å². The lowest BCUT2D eigenvalue weighted by Crippen LogP contribution is -2.27. The highest BCUT2D eigenvalue weighted by Crippen LogP contribution is 2.14.